The Balaban J connectivity index is 2.20. The molecule has 0 saturated carbocycles. The van der Waals surface area contributed by atoms with Crippen molar-refractivity contribution < 1.29 is 4.74 Å². The van der Waals surface area contributed by atoms with E-state index in [1.165, 1.54) is 6.20 Å². The van der Waals surface area contributed by atoms with Gasteiger partial charge in [-0.05, 0) is 12.3 Å². The summed E-state index contributed by atoms with van der Waals surface area (Å²) >= 11 is 5.90. The van der Waals surface area contributed by atoms with Crippen molar-refractivity contribution >= 4 is 23.4 Å². The second-order valence-electron chi connectivity index (χ2n) is 4.17. The normalized spacial score (nSPS) is 10.8. The summed E-state index contributed by atoms with van der Waals surface area (Å²) in [5, 5.41) is 3.57. The second kappa shape index (κ2) is 7.29. The standard InChI is InChI=1S/C11H19ClN4O/c1-8(2)7-17-5-3-4-14-10-9(12)6-15-11(13)16-10/h6,8H,3-5,7H2,1-2H3,(H3,13,14,15,16). The highest BCUT2D eigenvalue weighted by molar-refractivity contribution is 6.32. The topological polar surface area (TPSA) is 73.1 Å². The van der Waals surface area contributed by atoms with E-state index in [1.54, 1.807) is 0 Å². The lowest BCUT2D eigenvalue weighted by Gasteiger charge is -2.09. The van der Waals surface area contributed by atoms with Crippen LogP contribution in [0.3, 0.4) is 0 Å². The average molecular weight is 259 g/mol. The van der Waals surface area contributed by atoms with Crippen LogP contribution in [0, 0.1) is 5.92 Å². The summed E-state index contributed by atoms with van der Waals surface area (Å²) in [6.07, 6.45) is 2.38. The van der Waals surface area contributed by atoms with Crippen molar-refractivity contribution in [1.82, 2.24) is 9.97 Å². The van der Waals surface area contributed by atoms with E-state index in [-0.39, 0.29) is 5.95 Å². The van der Waals surface area contributed by atoms with E-state index in [4.69, 9.17) is 22.1 Å². The first kappa shape index (κ1) is 14.0. The molecule has 0 amide bonds. The van der Waals surface area contributed by atoms with Crippen molar-refractivity contribution in [3.63, 3.8) is 0 Å². The number of nitrogens with zero attached hydrogens (tertiary/aromatic N) is 2. The number of aromatic nitrogens is 2. The van der Waals surface area contributed by atoms with Gasteiger partial charge in [0.25, 0.3) is 0 Å². The molecule has 5 nitrogen and oxygen atoms in total. The molecule has 0 unspecified atom stereocenters. The zero-order valence-corrected chi connectivity index (χ0v) is 11.0. The quantitative estimate of drug-likeness (QED) is 0.734. The Kier molecular flexibility index (Phi) is 6.00. The second-order valence-corrected chi connectivity index (χ2v) is 4.58. The Morgan fingerprint density at radius 3 is 3.00 bits per heavy atom. The third kappa shape index (κ3) is 5.70. The summed E-state index contributed by atoms with van der Waals surface area (Å²) in [5.74, 6) is 1.36. The summed E-state index contributed by atoms with van der Waals surface area (Å²) in [4.78, 5) is 7.79. The maximum absolute atomic E-state index is 5.90. The van der Waals surface area contributed by atoms with Crippen molar-refractivity contribution in [2.24, 2.45) is 5.92 Å². The van der Waals surface area contributed by atoms with E-state index >= 15 is 0 Å². The first-order valence-electron chi connectivity index (χ1n) is 5.69. The monoisotopic (exact) mass is 258 g/mol. The van der Waals surface area contributed by atoms with Crippen LogP contribution in [0.5, 0.6) is 0 Å². The minimum atomic E-state index is 0.216. The van der Waals surface area contributed by atoms with Crippen LogP contribution >= 0.6 is 11.6 Å². The number of nitrogens with two attached hydrogens (primary N) is 1. The Bertz CT molecular complexity index is 346. The molecule has 0 atom stereocenters. The molecule has 1 heterocycles. The maximum atomic E-state index is 5.90. The zero-order valence-electron chi connectivity index (χ0n) is 10.2. The molecule has 0 saturated heterocycles. The van der Waals surface area contributed by atoms with E-state index in [1.807, 2.05) is 0 Å². The van der Waals surface area contributed by atoms with Crippen LogP contribution in [-0.4, -0.2) is 29.7 Å². The predicted molar refractivity (Wildman–Crippen MR) is 70.2 cm³/mol. The zero-order chi connectivity index (χ0) is 12.7. The number of ether oxygens (including phenoxy) is 1. The molecule has 1 rings (SSSR count). The predicted octanol–water partition coefficient (Wildman–Crippen LogP) is 2.19. The summed E-state index contributed by atoms with van der Waals surface area (Å²) < 4.78 is 5.46. The third-order valence-electron chi connectivity index (χ3n) is 1.97. The molecule has 96 valence electrons. The van der Waals surface area contributed by atoms with Gasteiger partial charge in [0.2, 0.25) is 5.95 Å². The highest BCUT2D eigenvalue weighted by Crippen LogP contribution is 2.17. The molecule has 0 aliphatic carbocycles. The molecule has 1 aromatic rings. The van der Waals surface area contributed by atoms with Crippen molar-refractivity contribution in [2.45, 2.75) is 20.3 Å². The molecule has 1 aromatic heterocycles. The number of anilines is 2. The minimum Gasteiger partial charge on any atom is -0.381 e. The fraction of sp³-hybridized carbons (Fsp3) is 0.636. The Morgan fingerprint density at radius 1 is 1.53 bits per heavy atom. The number of halogens is 1. The Hall–Kier alpha value is -1.07. The molecule has 3 N–H and O–H groups in total. The van der Waals surface area contributed by atoms with Gasteiger partial charge in [0, 0.05) is 19.8 Å². The number of rotatable bonds is 7. The van der Waals surface area contributed by atoms with E-state index < -0.39 is 0 Å². The molecule has 0 aromatic carbocycles. The molecule has 0 aliphatic heterocycles. The maximum Gasteiger partial charge on any atom is 0.222 e. The molecule has 0 aliphatic rings. The van der Waals surface area contributed by atoms with Crippen molar-refractivity contribution in [2.75, 3.05) is 30.8 Å². The summed E-state index contributed by atoms with van der Waals surface area (Å²) in [7, 11) is 0. The molecule has 6 heteroatoms. The van der Waals surface area contributed by atoms with Gasteiger partial charge < -0.3 is 15.8 Å². The average Bonchev–Trinajstić information content (AvgIpc) is 2.27. The lowest BCUT2D eigenvalue weighted by Crippen LogP contribution is -2.10. The van der Waals surface area contributed by atoms with Crippen LogP contribution in [0.1, 0.15) is 20.3 Å². The van der Waals surface area contributed by atoms with Crippen LogP contribution in [0.2, 0.25) is 5.02 Å². The van der Waals surface area contributed by atoms with E-state index in [0.717, 1.165) is 26.2 Å². The SMILES string of the molecule is CC(C)COCCCNc1nc(N)ncc1Cl. The fourth-order valence-electron chi connectivity index (χ4n) is 1.20. The number of hydrogen-bond acceptors (Lipinski definition) is 5. The minimum absolute atomic E-state index is 0.216. The van der Waals surface area contributed by atoms with Crippen LogP contribution < -0.4 is 11.1 Å². The van der Waals surface area contributed by atoms with Crippen LogP contribution in [0.15, 0.2) is 6.20 Å². The largest absolute Gasteiger partial charge is 0.381 e. The smallest absolute Gasteiger partial charge is 0.222 e. The molecular formula is C11H19ClN4O. The van der Waals surface area contributed by atoms with Gasteiger partial charge in [-0.2, -0.15) is 4.98 Å². The van der Waals surface area contributed by atoms with Gasteiger partial charge in [-0.1, -0.05) is 25.4 Å². The van der Waals surface area contributed by atoms with Crippen LogP contribution in [0.4, 0.5) is 11.8 Å². The lowest BCUT2D eigenvalue weighted by molar-refractivity contribution is 0.110. The third-order valence-corrected chi connectivity index (χ3v) is 2.25. The van der Waals surface area contributed by atoms with Crippen LogP contribution in [-0.2, 0) is 4.74 Å². The number of nitrogens with one attached hydrogen (secondary N) is 1. The van der Waals surface area contributed by atoms with Gasteiger partial charge in [0.1, 0.15) is 10.8 Å². The van der Waals surface area contributed by atoms with Gasteiger partial charge in [-0.15, -0.1) is 0 Å². The summed E-state index contributed by atoms with van der Waals surface area (Å²) in [5.41, 5.74) is 5.47. The highest BCUT2D eigenvalue weighted by Gasteiger charge is 2.02. The summed E-state index contributed by atoms with van der Waals surface area (Å²) in [6.45, 7) is 6.52. The number of nitrogen functional groups attached to an aromatic ring is 1. The molecule has 0 fully saturated rings. The first-order chi connectivity index (χ1) is 8.09. The van der Waals surface area contributed by atoms with Crippen LogP contribution in [0.25, 0.3) is 0 Å². The Morgan fingerprint density at radius 2 is 2.29 bits per heavy atom. The Labute approximate surface area is 107 Å². The van der Waals surface area contributed by atoms with Crippen molar-refractivity contribution in [3.8, 4) is 0 Å². The summed E-state index contributed by atoms with van der Waals surface area (Å²) in [6, 6.07) is 0. The molecule has 0 radical (unpaired) electrons. The van der Waals surface area contributed by atoms with E-state index in [2.05, 4.69) is 29.1 Å². The number of hydrogen-bond donors (Lipinski definition) is 2. The van der Waals surface area contributed by atoms with Gasteiger partial charge >= 0.3 is 0 Å². The van der Waals surface area contributed by atoms with Gasteiger partial charge in [-0.3, -0.25) is 0 Å². The first-order valence-corrected chi connectivity index (χ1v) is 6.07. The molecule has 17 heavy (non-hydrogen) atoms. The van der Waals surface area contributed by atoms with Gasteiger partial charge in [-0.25, -0.2) is 4.98 Å². The van der Waals surface area contributed by atoms with Gasteiger partial charge in [0.05, 0.1) is 6.20 Å². The molecule has 0 spiro atoms. The molecule has 0 bridgehead atoms. The van der Waals surface area contributed by atoms with Crippen molar-refractivity contribution in [1.29, 1.82) is 0 Å². The van der Waals surface area contributed by atoms with E-state index in [9.17, 15) is 0 Å². The highest BCUT2D eigenvalue weighted by atomic mass is 35.5. The van der Waals surface area contributed by atoms with Gasteiger partial charge in [0.15, 0.2) is 0 Å². The van der Waals surface area contributed by atoms with E-state index in [0.29, 0.717) is 16.8 Å². The fourth-order valence-corrected chi connectivity index (χ4v) is 1.36. The molecular weight excluding hydrogens is 240 g/mol. The van der Waals surface area contributed by atoms with Crippen molar-refractivity contribution in [3.05, 3.63) is 11.2 Å². The lowest BCUT2D eigenvalue weighted by atomic mass is 10.2.